The number of phenolic OH excluding ortho intramolecular Hbond substituents is 1. The van der Waals surface area contributed by atoms with Crippen LogP contribution in [0.3, 0.4) is 0 Å². The highest BCUT2D eigenvalue weighted by atomic mass is 16.4. The number of hydrogen-bond acceptors (Lipinski definition) is 9. The Hall–Kier alpha value is -3.21. The van der Waals surface area contributed by atoms with Crippen LogP contribution in [0.1, 0.15) is 49.5 Å². The summed E-state index contributed by atoms with van der Waals surface area (Å²) in [5.41, 5.74) is -4.49. The van der Waals surface area contributed by atoms with Crippen molar-refractivity contribution in [3.63, 3.8) is 0 Å². The van der Waals surface area contributed by atoms with Crippen molar-refractivity contribution in [3.8, 4) is 5.75 Å². The highest BCUT2D eigenvalue weighted by Crippen LogP contribution is 2.55. The maximum Gasteiger partial charge on any atom is 0.258 e. The average molecular weight is 501 g/mol. The van der Waals surface area contributed by atoms with Crippen LogP contribution in [0.2, 0.25) is 0 Å². The van der Waals surface area contributed by atoms with E-state index in [0.29, 0.717) is 5.56 Å². The lowest BCUT2D eigenvalue weighted by Crippen LogP contribution is -2.68. The van der Waals surface area contributed by atoms with E-state index in [0.717, 1.165) is 0 Å². The number of ketones is 2. The van der Waals surface area contributed by atoms with Crippen molar-refractivity contribution in [2.45, 2.75) is 56.9 Å². The second-order valence-corrected chi connectivity index (χ2v) is 11.1. The standard InChI is InChI=1S/C26H32N2O8/c1-10-11-8-7-9-12(29)14(11)19(30)15-13(10)20(31)17-18(28(5)6)21(32)16(24(35)27-25(2,3)4)23(34)26(17,36)22(15)33/h7-10,13,17-18,20,29,31-33,36H,1-6H3,(H,27,35)/t10-,13+,17+,18-,20-,26-/m0/s1. The maximum atomic E-state index is 13.7. The molecule has 0 aromatic heterocycles. The summed E-state index contributed by atoms with van der Waals surface area (Å²) in [6, 6.07) is 3.24. The molecule has 0 bridgehead atoms. The Balaban J connectivity index is 2.00. The molecule has 0 radical (unpaired) electrons. The number of phenols is 1. The van der Waals surface area contributed by atoms with Gasteiger partial charge in [-0.05, 0) is 52.4 Å². The smallest absolute Gasteiger partial charge is 0.258 e. The predicted molar refractivity (Wildman–Crippen MR) is 128 cm³/mol. The Kier molecular flexibility index (Phi) is 5.86. The Bertz CT molecular complexity index is 1240. The molecule has 0 unspecified atom stereocenters. The fraction of sp³-hybridized carbons (Fsp3) is 0.500. The summed E-state index contributed by atoms with van der Waals surface area (Å²) in [5, 5.41) is 58.9. The van der Waals surface area contributed by atoms with Gasteiger partial charge >= 0.3 is 0 Å². The van der Waals surface area contributed by atoms with Crippen molar-refractivity contribution in [1.29, 1.82) is 0 Å². The number of fused-ring (bicyclic) bond motifs is 3. The van der Waals surface area contributed by atoms with E-state index in [1.165, 1.54) is 25.1 Å². The molecule has 0 heterocycles. The summed E-state index contributed by atoms with van der Waals surface area (Å²) in [6.07, 6.45) is -1.58. The molecule has 1 aromatic rings. The third-order valence-corrected chi connectivity index (χ3v) is 7.46. The van der Waals surface area contributed by atoms with Crippen molar-refractivity contribution >= 4 is 17.5 Å². The minimum atomic E-state index is -2.88. The lowest BCUT2D eigenvalue weighted by molar-refractivity contribution is -0.162. The third kappa shape index (κ3) is 3.39. The van der Waals surface area contributed by atoms with Gasteiger partial charge in [0, 0.05) is 17.0 Å². The molecule has 1 aromatic carbocycles. The first-order chi connectivity index (χ1) is 16.6. The predicted octanol–water partition coefficient (Wildman–Crippen LogP) is 1.08. The van der Waals surface area contributed by atoms with Crippen molar-refractivity contribution < 1.29 is 39.9 Å². The number of aliphatic hydroxyl groups is 4. The van der Waals surface area contributed by atoms with Crippen molar-refractivity contribution in [1.82, 2.24) is 10.2 Å². The van der Waals surface area contributed by atoms with Crippen LogP contribution in [-0.4, -0.2) is 85.3 Å². The highest BCUT2D eigenvalue weighted by molar-refractivity contribution is 6.25. The molecule has 0 saturated carbocycles. The van der Waals surface area contributed by atoms with Gasteiger partial charge < -0.3 is 30.8 Å². The van der Waals surface area contributed by atoms with Gasteiger partial charge in [0.25, 0.3) is 5.91 Å². The Morgan fingerprint density at radius 1 is 1.11 bits per heavy atom. The molecule has 0 saturated heterocycles. The van der Waals surface area contributed by atoms with E-state index in [1.807, 2.05) is 0 Å². The number of Topliss-reactive ketones (excluding diaryl/α,β-unsaturated/α-hetero) is 2. The maximum absolute atomic E-state index is 13.7. The second-order valence-electron chi connectivity index (χ2n) is 11.1. The van der Waals surface area contributed by atoms with Crippen LogP contribution < -0.4 is 5.32 Å². The van der Waals surface area contributed by atoms with Crippen molar-refractivity contribution in [2.75, 3.05) is 14.1 Å². The number of carbonyl (C=O) groups is 3. The Labute approximate surface area is 208 Å². The molecule has 6 atom stereocenters. The molecule has 3 aliphatic rings. The number of nitrogens with zero attached hydrogens (tertiary/aromatic N) is 1. The van der Waals surface area contributed by atoms with Gasteiger partial charge in [-0.1, -0.05) is 19.1 Å². The third-order valence-electron chi connectivity index (χ3n) is 7.46. The highest BCUT2D eigenvalue weighted by Gasteiger charge is 2.67. The number of likely N-dealkylation sites (N-methyl/N-ethyl adjacent to an activating group) is 1. The molecule has 194 valence electrons. The molecule has 10 heteroatoms. The summed E-state index contributed by atoms with van der Waals surface area (Å²) in [4.78, 5) is 41.7. The average Bonchev–Trinajstić information content (AvgIpc) is 2.75. The summed E-state index contributed by atoms with van der Waals surface area (Å²) in [5.74, 6) is -8.25. The zero-order chi connectivity index (χ0) is 27.1. The molecule has 36 heavy (non-hydrogen) atoms. The zero-order valence-corrected chi connectivity index (χ0v) is 21.0. The van der Waals surface area contributed by atoms with Crippen LogP contribution >= 0.6 is 0 Å². The van der Waals surface area contributed by atoms with E-state index in [2.05, 4.69) is 5.32 Å². The van der Waals surface area contributed by atoms with Crippen LogP contribution in [0.15, 0.2) is 40.9 Å². The van der Waals surface area contributed by atoms with Gasteiger partial charge in [-0.3, -0.25) is 19.3 Å². The van der Waals surface area contributed by atoms with Crippen LogP contribution in [0, 0.1) is 11.8 Å². The van der Waals surface area contributed by atoms with Crippen LogP contribution in [0.5, 0.6) is 5.75 Å². The Morgan fingerprint density at radius 2 is 1.72 bits per heavy atom. The molecule has 1 amide bonds. The van der Waals surface area contributed by atoms with Gasteiger partial charge in [-0.2, -0.15) is 0 Å². The SMILES string of the molecule is C[C@H]1c2cccc(O)c2C(=O)C2=C(O)[C@]3(O)C(=O)C(C(=O)NC(C)(C)C)=C(O)[C@@H](N(C)C)[C@@H]3[C@@H](O)[C@@H]21. The van der Waals surface area contributed by atoms with Gasteiger partial charge in [0.05, 0.1) is 23.6 Å². The molecule has 6 N–H and O–H groups in total. The van der Waals surface area contributed by atoms with Crippen molar-refractivity contribution in [2.24, 2.45) is 11.8 Å². The van der Waals surface area contributed by atoms with E-state index >= 15 is 0 Å². The monoisotopic (exact) mass is 500 g/mol. The van der Waals surface area contributed by atoms with Crippen LogP contribution in [0.25, 0.3) is 0 Å². The first-order valence-corrected chi connectivity index (χ1v) is 11.7. The largest absolute Gasteiger partial charge is 0.510 e. The van der Waals surface area contributed by atoms with E-state index in [9.17, 15) is 39.9 Å². The topological polar surface area (TPSA) is 168 Å². The van der Waals surface area contributed by atoms with Gasteiger partial charge in [0.1, 0.15) is 22.8 Å². The fourth-order valence-corrected chi connectivity index (χ4v) is 5.97. The van der Waals surface area contributed by atoms with E-state index in [-0.39, 0.29) is 11.3 Å². The summed E-state index contributed by atoms with van der Waals surface area (Å²) >= 11 is 0. The van der Waals surface area contributed by atoms with Gasteiger partial charge in [-0.15, -0.1) is 0 Å². The first kappa shape index (κ1) is 25.9. The molecule has 0 fully saturated rings. The quantitative estimate of drug-likeness (QED) is 0.326. The number of carbonyl (C=O) groups excluding carboxylic acids is 3. The summed E-state index contributed by atoms with van der Waals surface area (Å²) in [6.45, 7) is 6.69. The number of rotatable bonds is 2. The lowest BCUT2D eigenvalue weighted by atomic mass is 9.55. The number of nitrogens with one attached hydrogen (secondary N) is 1. The minimum absolute atomic E-state index is 0.0893. The number of aromatic hydroxyl groups is 1. The van der Waals surface area contributed by atoms with Crippen molar-refractivity contribution in [3.05, 3.63) is 52.0 Å². The molecule has 0 aliphatic heterocycles. The summed E-state index contributed by atoms with van der Waals surface area (Å²) < 4.78 is 0. The lowest BCUT2D eigenvalue weighted by Gasteiger charge is -2.53. The summed E-state index contributed by atoms with van der Waals surface area (Å²) in [7, 11) is 3.06. The fourth-order valence-electron chi connectivity index (χ4n) is 5.97. The minimum Gasteiger partial charge on any atom is -0.510 e. The van der Waals surface area contributed by atoms with Crippen LogP contribution in [-0.2, 0) is 9.59 Å². The van der Waals surface area contributed by atoms with E-state index in [4.69, 9.17) is 0 Å². The molecular weight excluding hydrogens is 468 g/mol. The van der Waals surface area contributed by atoms with Gasteiger partial charge in [-0.25, -0.2) is 0 Å². The van der Waals surface area contributed by atoms with E-state index in [1.54, 1.807) is 39.8 Å². The molecule has 0 spiro atoms. The zero-order valence-electron chi connectivity index (χ0n) is 21.0. The number of amides is 1. The molecule has 3 aliphatic carbocycles. The normalized spacial score (nSPS) is 32.3. The first-order valence-electron chi connectivity index (χ1n) is 11.7. The number of benzene rings is 1. The molecule has 10 nitrogen and oxygen atoms in total. The van der Waals surface area contributed by atoms with Gasteiger partial charge in [0.15, 0.2) is 11.4 Å². The van der Waals surface area contributed by atoms with Crippen LogP contribution in [0.4, 0.5) is 0 Å². The number of aliphatic hydroxyl groups excluding tert-OH is 3. The van der Waals surface area contributed by atoms with Gasteiger partial charge in [0.2, 0.25) is 5.78 Å². The number of hydrogen-bond donors (Lipinski definition) is 6. The Morgan fingerprint density at radius 3 is 2.28 bits per heavy atom. The van der Waals surface area contributed by atoms with E-state index < -0.39 is 81.2 Å². The molecule has 4 rings (SSSR count). The molecular formula is C26H32N2O8. The second kappa shape index (κ2) is 8.16.